The molecule has 1 heterocycles. The van der Waals surface area contributed by atoms with E-state index in [9.17, 15) is 31.9 Å². The summed E-state index contributed by atoms with van der Waals surface area (Å²) < 4.78 is 58.3. The number of rotatable bonds is 11. The lowest BCUT2D eigenvalue weighted by Gasteiger charge is -2.23. The Kier molecular flexibility index (Phi) is 9.87. The first-order valence-corrected chi connectivity index (χ1v) is 13.7. The van der Waals surface area contributed by atoms with Gasteiger partial charge in [0, 0.05) is 28.3 Å². The molecule has 12 heteroatoms. The Morgan fingerprint density at radius 1 is 0.977 bits per heavy atom. The minimum Gasteiger partial charge on any atom is -0.481 e. The topological polar surface area (TPSA) is 93.3 Å². The van der Waals surface area contributed by atoms with Gasteiger partial charge < -0.3 is 10.4 Å². The van der Waals surface area contributed by atoms with E-state index < -0.39 is 52.9 Å². The van der Waals surface area contributed by atoms with Gasteiger partial charge in [-0.15, -0.1) is 0 Å². The van der Waals surface area contributed by atoms with Gasteiger partial charge in [0.2, 0.25) is 0 Å². The van der Waals surface area contributed by atoms with Gasteiger partial charge in [-0.1, -0.05) is 66.2 Å². The van der Waals surface area contributed by atoms with Crippen molar-refractivity contribution in [1.82, 2.24) is 14.5 Å². The summed E-state index contributed by atoms with van der Waals surface area (Å²) in [6.45, 7) is 0.586. The van der Waals surface area contributed by atoms with Gasteiger partial charge in [-0.2, -0.15) is 13.2 Å². The maximum Gasteiger partial charge on any atom is 0.416 e. The number of aromatic nitrogens is 2. The summed E-state index contributed by atoms with van der Waals surface area (Å²) in [4.78, 5) is 38.9. The van der Waals surface area contributed by atoms with E-state index in [0.29, 0.717) is 5.56 Å². The Bertz CT molecular complexity index is 1740. The lowest BCUT2D eigenvalue weighted by atomic mass is 10.0. The number of nitrogens with one attached hydrogen (secondary N) is 1. The normalized spacial score (nSPS) is 12.3. The zero-order valence-corrected chi connectivity index (χ0v) is 23.8. The number of benzene rings is 3. The van der Waals surface area contributed by atoms with Crippen LogP contribution in [0.2, 0.25) is 5.02 Å². The molecule has 0 fully saturated rings. The Morgan fingerprint density at radius 3 is 2.30 bits per heavy atom. The minimum absolute atomic E-state index is 0.0152. The van der Waals surface area contributed by atoms with Crippen molar-refractivity contribution >= 4 is 17.6 Å². The number of carboxylic acids is 1. The molecule has 43 heavy (non-hydrogen) atoms. The average Bonchev–Trinajstić information content (AvgIpc) is 2.96. The SMILES string of the molecule is Cc1c(-c2ccccc2Cl)c(=O)n(C[C@H](NCCCC(=O)O)c2ccccc2)c(=O)n1Cc1c(F)cccc1C(F)(F)F. The molecule has 4 aromatic rings. The highest BCUT2D eigenvalue weighted by Crippen LogP contribution is 2.34. The van der Waals surface area contributed by atoms with E-state index >= 15 is 0 Å². The maximum absolute atomic E-state index is 14.9. The summed E-state index contributed by atoms with van der Waals surface area (Å²) in [6, 6.07) is 17.0. The third-order valence-electron chi connectivity index (χ3n) is 7.10. The van der Waals surface area contributed by atoms with Crippen molar-refractivity contribution in [1.29, 1.82) is 0 Å². The second-order valence-corrected chi connectivity index (χ2v) is 10.3. The Balaban J connectivity index is 1.92. The number of hydrogen-bond donors (Lipinski definition) is 2. The molecule has 0 spiro atoms. The molecule has 3 aromatic carbocycles. The molecule has 0 saturated carbocycles. The summed E-state index contributed by atoms with van der Waals surface area (Å²) in [5, 5.41) is 12.4. The highest BCUT2D eigenvalue weighted by atomic mass is 35.5. The quantitative estimate of drug-likeness (QED) is 0.158. The smallest absolute Gasteiger partial charge is 0.416 e. The van der Waals surface area contributed by atoms with Crippen LogP contribution in [-0.4, -0.2) is 26.8 Å². The van der Waals surface area contributed by atoms with E-state index in [1.165, 1.54) is 13.0 Å². The third-order valence-corrected chi connectivity index (χ3v) is 7.43. The molecule has 1 aromatic heterocycles. The fourth-order valence-electron chi connectivity index (χ4n) is 4.94. The summed E-state index contributed by atoms with van der Waals surface area (Å²) in [5.41, 5.74) is -2.73. The third kappa shape index (κ3) is 7.23. The van der Waals surface area contributed by atoms with Gasteiger partial charge in [-0.05, 0) is 43.7 Å². The van der Waals surface area contributed by atoms with Gasteiger partial charge in [0.15, 0.2) is 0 Å². The second kappa shape index (κ2) is 13.4. The van der Waals surface area contributed by atoms with Crippen molar-refractivity contribution in [3.05, 3.63) is 127 Å². The monoisotopic (exact) mass is 617 g/mol. The molecule has 0 unspecified atom stereocenters. The molecule has 0 radical (unpaired) electrons. The summed E-state index contributed by atoms with van der Waals surface area (Å²) >= 11 is 6.42. The Morgan fingerprint density at radius 2 is 1.65 bits per heavy atom. The number of halogens is 5. The fourth-order valence-corrected chi connectivity index (χ4v) is 5.17. The number of aliphatic carboxylic acids is 1. The van der Waals surface area contributed by atoms with Gasteiger partial charge in [0.1, 0.15) is 5.82 Å². The van der Waals surface area contributed by atoms with Crippen LogP contribution in [0.5, 0.6) is 0 Å². The van der Waals surface area contributed by atoms with Crippen LogP contribution in [-0.2, 0) is 24.1 Å². The van der Waals surface area contributed by atoms with E-state index in [4.69, 9.17) is 16.7 Å². The number of carbonyl (C=O) groups is 1. The second-order valence-electron chi connectivity index (χ2n) is 9.90. The molecule has 4 rings (SSSR count). The average molecular weight is 618 g/mol. The molecule has 226 valence electrons. The van der Waals surface area contributed by atoms with Crippen molar-refractivity contribution in [2.75, 3.05) is 6.54 Å². The summed E-state index contributed by atoms with van der Waals surface area (Å²) in [5.74, 6) is -2.13. The van der Waals surface area contributed by atoms with Crippen LogP contribution in [0.4, 0.5) is 17.6 Å². The maximum atomic E-state index is 14.9. The molecule has 0 bridgehead atoms. The van der Waals surface area contributed by atoms with Crippen molar-refractivity contribution < 1.29 is 27.5 Å². The lowest BCUT2D eigenvalue weighted by Crippen LogP contribution is -2.45. The summed E-state index contributed by atoms with van der Waals surface area (Å²) in [6.07, 6.45) is -4.73. The highest BCUT2D eigenvalue weighted by molar-refractivity contribution is 6.33. The highest BCUT2D eigenvalue weighted by Gasteiger charge is 2.35. The van der Waals surface area contributed by atoms with Gasteiger partial charge in [0.25, 0.3) is 5.56 Å². The molecular weight excluding hydrogens is 590 g/mol. The van der Waals surface area contributed by atoms with Crippen LogP contribution in [0.1, 0.15) is 41.3 Å². The molecule has 1 atom stereocenters. The predicted molar refractivity (Wildman–Crippen MR) is 155 cm³/mol. The zero-order valence-electron chi connectivity index (χ0n) is 23.0. The number of nitrogens with zero attached hydrogens (tertiary/aromatic N) is 2. The van der Waals surface area contributed by atoms with Gasteiger partial charge in [-0.3, -0.25) is 18.7 Å². The van der Waals surface area contributed by atoms with Crippen molar-refractivity contribution in [2.24, 2.45) is 0 Å². The molecule has 0 amide bonds. The molecule has 7 nitrogen and oxygen atoms in total. The zero-order chi connectivity index (χ0) is 31.3. The van der Waals surface area contributed by atoms with E-state index in [1.54, 1.807) is 48.5 Å². The van der Waals surface area contributed by atoms with Crippen molar-refractivity contribution in [2.45, 2.75) is 45.1 Å². The van der Waals surface area contributed by atoms with Gasteiger partial charge >= 0.3 is 17.8 Å². The summed E-state index contributed by atoms with van der Waals surface area (Å²) in [7, 11) is 0. The van der Waals surface area contributed by atoms with Crippen molar-refractivity contribution in [3.63, 3.8) is 0 Å². The van der Waals surface area contributed by atoms with Crippen LogP contribution in [0.25, 0.3) is 11.1 Å². The number of alkyl halides is 3. The van der Waals surface area contributed by atoms with Crippen LogP contribution in [0, 0.1) is 12.7 Å². The van der Waals surface area contributed by atoms with Gasteiger partial charge in [-0.25, -0.2) is 9.18 Å². The Hall–Kier alpha value is -4.22. The Labute approximate surface area is 249 Å². The van der Waals surface area contributed by atoms with Crippen LogP contribution >= 0.6 is 11.6 Å². The van der Waals surface area contributed by atoms with Gasteiger partial charge in [0.05, 0.1) is 30.3 Å². The van der Waals surface area contributed by atoms with Crippen molar-refractivity contribution in [3.8, 4) is 11.1 Å². The van der Waals surface area contributed by atoms with E-state index in [0.717, 1.165) is 27.3 Å². The first kappa shape index (κ1) is 31.7. The molecule has 0 aliphatic rings. The number of carboxylic acid groups (broad SMARTS) is 1. The predicted octanol–water partition coefficient (Wildman–Crippen LogP) is 6.04. The van der Waals surface area contributed by atoms with Crippen LogP contribution in [0.15, 0.2) is 82.4 Å². The van der Waals surface area contributed by atoms with Crippen LogP contribution < -0.4 is 16.6 Å². The fraction of sp³-hybridized carbons (Fsp3) is 0.258. The molecular formula is C31H28ClF4N3O4. The van der Waals surface area contributed by atoms with E-state index in [1.807, 2.05) is 0 Å². The largest absolute Gasteiger partial charge is 0.481 e. The van der Waals surface area contributed by atoms with E-state index in [2.05, 4.69) is 5.32 Å². The molecule has 0 aliphatic heterocycles. The molecule has 0 saturated heterocycles. The lowest BCUT2D eigenvalue weighted by molar-refractivity contribution is -0.138. The minimum atomic E-state index is -4.90. The van der Waals surface area contributed by atoms with E-state index in [-0.39, 0.29) is 47.8 Å². The molecule has 2 N–H and O–H groups in total. The first-order chi connectivity index (χ1) is 20.4. The standard InChI is InChI=1S/C31H28ClF4N3O4/c1-19-28(21-11-5-6-13-24(21)32)29(42)39(18-26(20-9-3-2-4-10-20)37-16-8-15-27(40)41)30(43)38(19)17-22-23(31(34,35)36)12-7-14-25(22)33/h2-7,9-14,26,37H,8,15-18H2,1H3,(H,40,41)/t26-/m0/s1. The van der Waals surface area contributed by atoms with Crippen LogP contribution in [0.3, 0.4) is 0 Å². The number of hydrogen-bond acceptors (Lipinski definition) is 4. The molecule has 0 aliphatic carbocycles. The first-order valence-electron chi connectivity index (χ1n) is 13.3.